The maximum atomic E-state index is 13.8. The third kappa shape index (κ3) is 3.45. The number of anilines is 1. The van der Waals surface area contributed by atoms with Crippen molar-refractivity contribution in [2.45, 2.75) is 31.1 Å². The Labute approximate surface area is 113 Å². The average molecular weight is 286 g/mol. The van der Waals surface area contributed by atoms with Gasteiger partial charge in [-0.05, 0) is 36.5 Å². The predicted molar refractivity (Wildman–Crippen MR) is 72.8 cm³/mol. The van der Waals surface area contributed by atoms with Gasteiger partial charge in [-0.25, -0.2) is 17.9 Å². The van der Waals surface area contributed by atoms with Gasteiger partial charge in [-0.2, -0.15) is 0 Å². The van der Waals surface area contributed by atoms with Crippen molar-refractivity contribution in [1.29, 1.82) is 0 Å². The van der Waals surface area contributed by atoms with Gasteiger partial charge in [0.1, 0.15) is 5.82 Å². The Kier molecular flexibility index (Phi) is 4.10. The predicted octanol–water partition coefficient (Wildman–Crippen LogP) is 2.32. The maximum Gasteiger partial charge on any atom is 0.238 e. The van der Waals surface area contributed by atoms with Gasteiger partial charge in [0.15, 0.2) is 0 Å². The maximum absolute atomic E-state index is 13.8. The van der Waals surface area contributed by atoms with Gasteiger partial charge in [0.2, 0.25) is 10.0 Å². The second kappa shape index (κ2) is 5.46. The van der Waals surface area contributed by atoms with E-state index in [0.29, 0.717) is 24.1 Å². The molecule has 3 N–H and O–H groups in total. The molecule has 19 heavy (non-hydrogen) atoms. The number of primary sulfonamides is 1. The van der Waals surface area contributed by atoms with Crippen LogP contribution < -0.4 is 10.5 Å². The summed E-state index contributed by atoms with van der Waals surface area (Å²) in [6, 6.07) is 3.70. The second-order valence-electron chi connectivity index (χ2n) is 5.24. The van der Waals surface area contributed by atoms with E-state index >= 15 is 0 Å². The lowest BCUT2D eigenvalue weighted by Gasteiger charge is -2.17. The summed E-state index contributed by atoms with van der Waals surface area (Å²) >= 11 is 0. The molecule has 1 aromatic rings. The summed E-state index contributed by atoms with van der Waals surface area (Å²) in [5.41, 5.74) is 0.325. The highest BCUT2D eigenvalue weighted by atomic mass is 32.2. The first-order chi connectivity index (χ1) is 8.88. The largest absolute Gasteiger partial charge is 0.382 e. The number of rotatable bonds is 4. The molecule has 2 rings (SSSR count). The molecule has 1 aliphatic carbocycles. The summed E-state index contributed by atoms with van der Waals surface area (Å²) in [5, 5.41) is 8.01. The van der Waals surface area contributed by atoms with Crippen LogP contribution in [0.1, 0.15) is 26.2 Å². The van der Waals surface area contributed by atoms with Crippen LogP contribution in [0.4, 0.5) is 10.1 Å². The Morgan fingerprint density at radius 1 is 1.42 bits per heavy atom. The minimum absolute atomic E-state index is 0.204. The topological polar surface area (TPSA) is 72.2 Å². The highest BCUT2D eigenvalue weighted by Crippen LogP contribution is 2.31. The molecule has 6 heteroatoms. The molecular weight excluding hydrogens is 267 g/mol. The zero-order valence-electron chi connectivity index (χ0n) is 10.9. The van der Waals surface area contributed by atoms with Gasteiger partial charge in [0.05, 0.1) is 10.6 Å². The van der Waals surface area contributed by atoms with E-state index in [9.17, 15) is 12.8 Å². The third-order valence-electron chi connectivity index (χ3n) is 3.86. The Balaban J connectivity index is 2.05. The molecule has 0 amide bonds. The van der Waals surface area contributed by atoms with E-state index in [-0.39, 0.29) is 4.90 Å². The fourth-order valence-electron chi connectivity index (χ4n) is 2.58. The van der Waals surface area contributed by atoms with Gasteiger partial charge < -0.3 is 5.32 Å². The molecule has 0 bridgehead atoms. The normalized spacial score (nSPS) is 23.5. The number of nitrogens with two attached hydrogens (primary N) is 1. The van der Waals surface area contributed by atoms with Gasteiger partial charge in [0.25, 0.3) is 0 Å². The van der Waals surface area contributed by atoms with Crippen LogP contribution in [0.3, 0.4) is 0 Å². The molecule has 1 saturated carbocycles. The lowest BCUT2D eigenvalue weighted by atomic mass is 9.98. The minimum atomic E-state index is -3.85. The van der Waals surface area contributed by atoms with Gasteiger partial charge in [-0.1, -0.05) is 19.8 Å². The average Bonchev–Trinajstić information content (AvgIpc) is 2.72. The van der Waals surface area contributed by atoms with Crippen molar-refractivity contribution in [3.05, 3.63) is 24.0 Å². The Morgan fingerprint density at radius 3 is 2.68 bits per heavy atom. The molecule has 1 aromatic carbocycles. The standard InChI is InChI=1S/C13H19FN2O2S/c1-9-3-2-4-10(9)8-16-13-6-5-11(7-12(13)14)19(15,17)18/h5-7,9-10,16H,2-4,8H2,1H3,(H2,15,17,18). The first-order valence-corrected chi connectivity index (χ1v) is 7.99. The molecule has 0 saturated heterocycles. The number of nitrogens with one attached hydrogen (secondary N) is 1. The Bertz CT molecular complexity index is 560. The molecular formula is C13H19FN2O2S. The van der Waals surface area contributed by atoms with E-state index < -0.39 is 15.8 Å². The van der Waals surface area contributed by atoms with E-state index in [4.69, 9.17) is 5.14 Å². The monoisotopic (exact) mass is 286 g/mol. The van der Waals surface area contributed by atoms with Crippen molar-refractivity contribution in [3.8, 4) is 0 Å². The SMILES string of the molecule is CC1CCCC1CNc1ccc(S(N)(=O)=O)cc1F. The van der Waals surface area contributed by atoms with E-state index in [1.165, 1.54) is 25.0 Å². The number of sulfonamides is 1. The summed E-state index contributed by atoms with van der Waals surface area (Å²) in [4.78, 5) is -0.204. The summed E-state index contributed by atoms with van der Waals surface area (Å²) in [6.45, 7) is 2.92. The fourth-order valence-corrected chi connectivity index (χ4v) is 3.11. The third-order valence-corrected chi connectivity index (χ3v) is 4.77. The first kappa shape index (κ1) is 14.3. The Hall–Kier alpha value is -1.14. The molecule has 0 heterocycles. The van der Waals surface area contributed by atoms with Crippen LogP contribution in [-0.2, 0) is 10.0 Å². The summed E-state index contributed by atoms with van der Waals surface area (Å²) in [5.74, 6) is 0.619. The van der Waals surface area contributed by atoms with Crippen LogP contribution in [-0.4, -0.2) is 15.0 Å². The lowest BCUT2D eigenvalue weighted by molar-refractivity contribution is 0.439. The minimum Gasteiger partial charge on any atom is -0.382 e. The van der Waals surface area contributed by atoms with Gasteiger partial charge in [-0.3, -0.25) is 0 Å². The van der Waals surface area contributed by atoms with Crippen molar-refractivity contribution in [1.82, 2.24) is 0 Å². The van der Waals surface area contributed by atoms with Crippen LogP contribution in [0.15, 0.2) is 23.1 Å². The molecule has 0 aromatic heterocycles. The molecule has 106 valence electrons. The number of hydrogen-bond donors (Lipinski definition) is 2. The van der Waals surface area contributed by atoms with Gasteiger partial charge in [0, 0.05) is 6.54 Å². The van der Waals surface area contributed by atoms with Gasteiger partial charge in [-0.15, -0.1) is 0 Å². The number of halogens is 1. The molecule has 0 radical (unpaired) electrons. The first-order valence-electron chi connectivity index (χ1n) is 6.44. The number of hydrogen-bond acceptors (Lipinski definition) is 3. The van der Waals surface area contributed by atoms with E-state index in [0.717, 1.165) is 12.5 Å². The summed E-state index contributed by atoms with van der Waals surface area (Å²) in [7, 11) is -3.85. The smallest absolute Gasteiger partial charge is 0.238 e. The molecule has 1 fully saturated rings. The molecule has 2 atom stereocenters. The quantitative estimate of drug-likeness (QED) is 0.892. The highest BCUT2D eigenvalue weighted by Gasteiger charge is 2.23. The van der Waals surface area contributed by atoms with Crippen molar-refractivity contribution >= 4 is 15.7 Å². The van der Waals surface area contributed by atoms with Crippen molar-refractivity contribution in [2.75, 3.05) is 11.9 Å². The van der Waals surface area contributed by atoms with Gasteiger partial charge >= 0.3 is 0 Å². The molecule has 0 aliphatic heterocycles. The number of benzene rings is 1. The van der Waals surface area contributed by atoms with E-state index in [1.807, 2.05) is 0 Å². The van der Waals surface area contributed by atoms with Crippen LogP contribution >= 0.6 is 0 Å². The van der Waals surface area contributed by atoms with Crippen molar-refractivity contribution < 1.29 is 12.8 Å². The Morgan fingerprint density at radius 2 is 2.16 bits per heavy atom. The van der Waals surface area contributed by atoms with Crippen LogP contribution in [0.2, 0.25) is 0 Å². The summed E-state index contributed by atoms with van der Waals surface area (Å²) in [6.07, 6.45) is 3.60. The fraction of sp³-hybridized carbons (Fsp3) is 0.538. The zero-order valence-corrected chi connectivity index (χ0v) is 11.7. The lowest BCUT2D eigenvalue weighted by Crippen LogP contribution is -2.17. The van der Waals surface area contributed by atoms with E-state index in [1.54, 1.807) is 0 Å². The van der Waals surface area contributed by atoms with Crippen molar-refractivity contribution in [3.63, 3.8) is 0 Å². The van der Waals surface area contributed by atoms with Crippen molar-refractivity contribution in [2.24, 2.45) is 17.0 Å². The summed E-state index contributed by atoms with van der Waals surface area (Å²) < 4.78 is 36.0. The van der Waals surface area contributed by atoms with E-state index in [2.05, 4.69) is 12.2 Å². The second-order valence-corrected chi connectivity index (χ2v) is 6.80. The zero-order chi connectivity index (χ0) is 14.0. The molecule has 2 unspecified atom stereocenters. The van der Waals surface area contributed by atoms with Crippen LogP contribution in [0, 0.1) is 17.7 Å². The molecule has 0 spiro atoms. The van der Waals surface area contributed by atoms with Crippen LogP contribution in [0.5, 0.6) is 0 Å². The highest BCUT2D eigenvalue weighted by molar-refractivity contribution is 7.89. The van der Waals surface area contributed by atoms with Crippen LogP contribution in [0.25, 0.3) is 0 Å². The molecule has 4 nitrogen and oxygen atoms in total. The molecule has 1 aliphatic rings.